The van der Waals surface area contributed by atoms with Gasteiger partial charge in [-0.3, -0.25) is 0 Å². The molecular formula is C23H40OS. The predicted octanol–water partition coefficient (Wildman–Crippen LogP) is 8.36. The largest absolute Gasteiger partial charge is 0.310 e. The first-order chi connectivity index (χ1) is 12.3. The van der Waals surface area contributed by atoms with E-state index in [1.807, 2.05) is 0 Å². The summed E-state index contributed by atoms with van der Waals surface area (Å²) in [5.74, 6) is 0.737. The molecule has 144 valence electrons. The Bertz CT molecular complexity index is 401. The average Bonchev–Trinajstić information content (AvgIpc) is 2.62. The number of rotatable bonds is 16. The molecule has 0 bridgehead atoms. The highest BCUT2D eigenvalue weighted by Crippen LogP contribution is 2.24. The van der Waals surface area contributed by atoms with Crippen molar-refractivity contribution in [1.82, 2.24) is 0 Å². The van der Waals surface area contributed by atoms with Crippen LogP contribution in [0.3, 0.4) is 0 Å². The highest BCUT2D eigenvalue weighted by atomic mass is 32.2. The van der Waals surface area contributed by atoms with Crippen molar-refractivity contribution in [2.75, 3.05) is 6.61 Å². The molecule has 0 radical (unpaired) electrons. The smallest absolute Gasteiger partial charge is 0.0646 e. The molecule has 1 nitrogen and oxygen atoms in total. The van der Waals surface area contributed by atoms with E-state index in [4.69, 9.17) is 4.18 Å². The molecule has 0 saturated carbocycles. The van der Waals surface area contributed by atoms with Crippen molar-refractivity contribution in [2.45, 2.75) is 103 Å². The molecule has 0 aromatic heterocycles. The Labute approximate surface area is 161 Å². The molecule has 0 heterocycles. The maximum Gasteiger partial charge on any atom is 0.0646 e. The summed E-state index contributed by atoms with van der Waals surface area (Å²) in [6.45, 7) is 7.60. The maximum absolute atomic E-state index is 5.99. The molecule has 1 aromatic carbocycles. The van der Waals surface area contributed by atoms with Crippen LogP contribution in [0, 0.1) is 12.8 Å². The van der Waals surface area contributed by atoms with Crippen LogP contribution in [0.4, 0.5) is 0 Å². The van der Waals surface area contributed by atoms with Crippen LogP contribution in [0.5, 0.6) is 0 Å². The van der Waals surface area contributed by atoms with Crippen LogP contribution in [0.1, 0.15) is 96.5 Å². The molecule has 25 heavy (non-hydrogen) atoms. The zero-order valence-corrected chi connectivity index (χ0v) is 17.7. The van der Waals surface area contributed by atoms with Crippen molar-refractivity contribution in [3.63, 3.8) is 0 Å². The van der Waals surface area contributed by atoms with Crippen molar-refractivity contribution in [2.24, 2.45) is 5.92 Å². The molecule has 1 unspecified atom stereocenters. The van der Waals surface area contributed by atoms with Crippen molar-refractivity contribution >= 4 is 12.0 Å². The van der Waals surface area contributed by atoms with Crippen molar-refractivity contribution in [3.8, 4) is 0 Å². The van der Waals surface area contributed by atoms with Gasteiger partial charge in [-0.25, -0.2) is 0 Å². The molecule has 0 aliphatic carbocycles. The molecule has 1 atom stereocenters. The SMILES string of the molecule is CCCCCCCCC(CCCCCC)COSc1ccc(C)cc1. The molecule has 0 amide bonds. The van der Waals surface area contributed by atoms with Crippen LogP contribution in [-0.4, -0.2) is 6.61 Å². The third-order valence-corrected chi connectivity index (χ3v) is 5.63. The van der Waals surface area contributed by atoms with Crippen LogP contribution in [-0.2, 0) is 4.18 Å². The molecule has 0 fully saturated rings. The second kappa shape index (κ2) is 15.8. The number of benzene rings is 1. The Morgan fingerprint density at radius 3 is 1.88 bits per heavy atom. The molecule has 1 aromatic rings. The first-order valence-electron chi connectivity index (χ1n) is 10.6. The minimum absolute atomic E-state index is 0.737. The van der Waals surface area contributed by atoms with E-state index in [0.29, 0.717) is 0 Å². The highest BCUT2D eigenvalue weighted by molar-refractivity contribution is 7.94. The van der Waals surface area contributed by atoms with Gasteiger partial charge >= 0.3 is 0 Å². The fraction of sp³-hybridized carbons (Fsp3) is 0.739. The monoisotopic (exact) mass is 364 g/mol. The second-order valence-electron chi connectivity index (χ2n) is 7.45. The molecule has 1 rings (SSSR count). The number of hydrogen-bond acceptors (Lipinski definition) is 2. The third kappa shape index (κ3) is 12.5. The van der Waals surface area contributed by atoms with Gasteiger partial charge in [0, 0.05) is 16.9 Å². The van der Waals surface area contributed by atoms with E-state index in [1.165, 1.54) is 87.5 Å². The third-order valence-electron chi connectivity index (χ3n) is 4.91. The number of aryl methyl sites for hydroxylation is 1. The summed E-state index contributed by atoms with van der Waals surface area (Å²) in [6.07, 6.45) is 16.5. The molecule has 0 aliphatic heterocycles. The van der Waals surface area contributed by atoms with Gasteiger partial charge in [-0.2, -0.15) is 0 Å². The normalized spacial score (nSPS) is 12.4. The van der Waals surface area contributed by atoms with E-state index in [1.54, 1.807) is 12.0 Å². The van der Waals surface area contributed by atoms with Crippen molar-refractivity contribution < 1.29 is 4.18 Å². The van der Waals surface area contributed by atoms with Gasteiger partial charge in [-0.15, -0.1) is 0 Å². The summed E-state index contributed by atoms with van der Waals surface area (Å²) in [6, 6.07) is 8.63. The topological polar surface area (TPSA) is 9.23 Å². The van der Waals surface area contributed by atoms with Crippen LogP contribution in [0.25, 0.3) is 0 Å². The Balaban J connectivity index is 2.24. The van der Waals surface area contributed by atoms with Gasteiger partial charge in [0.2, 0.25) is 0 Å². The standard InChI is InChI=1S/C23H40OS/c1-4-6-8-10-11-13-15-22(14-12-9-7-5-2)20-24-25-23-18-16-21(3)17-19-23/h16-19,22H,4-15,20H2,1-3H3. The zero-order valence-electron chi connectivity index (χ0n) is 16.9. The Hall–Kier alpha value is -0.470. The lowest BCUT2D eigenvalue weighted by Crippen LogP contribution is -2.08. The molecule has 0 N–H and O–H groups in total. The van der Waals surface area contributed by atoms with Gasteiger partial charge < -0.3 is 4.18 Å². The van der Waals surface area contributed by atoms with Crippen molar-refractivity contribution in [1.29, 1.82) is 0 Å². The first kappa shape index (κ1) is 22.6. The lowest BCUT2D eigenvalue weighted by Gasteiger charge is -2.16. The maximum atomic E-state index is 5.99. The molecular weight excluding hydrogens is 324 g/mol. The van der Waals surface area contributed by atoms with Gasteiger partial charge in [0.25, 0.3) is 0 Å². The quantitative estimate of drug-likeness (QED) is 0.215. The Kier molecular flexibility index (Phi) is 14.2. The first-order valence-corrected chi connectivity index (χ1v) is 11.4. The van der Waals surface area contributed by atoms with E-state index < -0.39 is 0 Å². The van der Waals surface area contributed by atoms with Crippen molar-refractivity contribution in [3.05, 3.63) is 29.8 Å². The summed E-state index contributed by atoms with van der Waals surface area (Å²) in [5.41, 5.74) is 1.31. The Morgan fingerprint density at radius 2 is 1.28 bits per heavy atom. The second-order valence-corrected chi connectivity index (χ2v) is 8.33. The van der Waals surface area contributed by atoms with E-state index in [2.05, 4.69) is 45.0 Å². The van der Waals surface area contributed by atoms with E-state index in [0.717, 1.165) is 12.5 Å². The van der Waals surface area contributed by atoms with Gasteiger partial charge in [0.05, 0.1) is 6.61 Å². The lowest BCUT2D eigenvalue weighted by atomic mass is 9.95. The fourth-order valence-corrected chi connectivity index (χ4v) is 3.82. The molecule has 2 heteroatoms. The van der Waals surface area contributed by atoms with Crippen LogP contribution < -0.4 is 0 Å². The lowest BCUT2D eigenvalue weighted by molar-refractivity contribution is 0.254. The average molecular weight is 365 g/mol. The summed E-state index contributed by atoms with van der Waals surface area (Å²) in [4.78, 5) is 1.22. The summed E-state index contributed by atoms with van der Waals surface area (Å²) < 4.78 is 5.99. The number of unbranched alkanes of at least 4 members (excludes halogenated alkanes) is 8. The van der Waals surface area contributed by atoms with E-state index in [-0.39, 0.29) is 0 Å². The van der Waals surface area contributed by atoms with Gasteiger partial charge in [0.15, 0.2) is 0 Å². The highest BCUT2D eigenvalue weighted by Gasteiger charge is 2.10. The molecule has 0 saturated heterocycles. The number of hydrogen-bond donors (Lipinski definition) is 0. The minimum Gasteiger partial charge on any atom is -0.310 e. The van der Waals surface area contributed by atoms with Crippen LogP contribution in [0.2, 0.25) is 0 Å². The molecule has 0 aliphatic rings. The fourth-order valence-electron chi connectivity index (χ4n) is 3.18. The van der Waals surface area contributed by atoms with Gasteiger partial charge in [0.1, 0.15) is 0 Å². The zero-order chi connectivity index (χ0) is 18.2. The van der Waals surface area contributed by atoms with Gasteiger partial charge in [-0.1, -0.05) is 95.8 Å². The van der Waals surface area contributed by atoms with Crippen LogP contribution >= 0.6 is 12.0 Å². The summed E-state index contributed by atoms with van der Waals surface area (Å²) in [7, 11) is 0. The summed E-state index contributed by atoms with van der Waals surface area (Å²) in [5, 5.41) is 0. The predicted molar refractivity (Wildman–Crippen MR) is 113 cm³/mol. The van der Waals surface area contributed by atoms with Gasteiger partial charge in [-0.05, 0) is 37.8 Å². The Morgan fingerprint density at radius 1 is 0.760 bits per heavy atom. The molecule has 0 spiro atoms. The summed E-state index contributed by atoms with van der Waals surface area (Å²) >= 11 is 1.55. The van der Waals surface area contributed by atoms with E-state index in [9.17, 15) is 0 Å². The minimum atomic E-state index is 0.737. The van der Waals surface area contributed by atoms with Crippen LogP contribution in [0.15, 0.2) is 29.2 Å². The van der Waals surface area contributed by atoms with E-state index >= 15 is 0 Å².